The zero-order chi connectivity index (χ0) is 22.1. The maximum atomic E-state index is 13.0. The summed E-state index contributed by atoms with van der Waals surface area (Å²) in [6.45, 7) is 9.00. The fourth-order valence-corrected chi connectivity index (χ4v) is 4.36. The first-order valence-corrected chi connectivity index (χ1v) is 10.7. The minimum atomic E-state index is -0.540. The minimum absolute atomic E-state index is 0.0263. The van der Waals surface area contributed by atoms with E-state index in [1.54, 1.807) is 6.92 Å². The molecule has 8 nitrogen and oxygen atoms in total. The quantitative estimate of drug-likeness (QED) is 0.679. The van der Waals surface area contributed by atoms with Gasteiger partial charge >= 0.3 is 5.97 Å². The van der Waals surface area contributed by atoms with Crippen LogP contribution in [-0.2, 0) is 33.7 Å². The molecule has 0 radical (unpaired) electrons. The summed E-state index contributed by atoms with van der Waals surface area (Å²) in [6.07, 6.45) is 0.377. The molecule has 2 aromatic rings. The SMILES string of the molecule is CCOC(=O)c1nn(CC(=O)N2CCN(c3cccc(C)c3C)CC2)c2c1CC(=O)C2. The van der Waals surface area contributed by atoms with Crippen molar-refractivity contribution >= 4 is 23.3 Å². The molecule has 8 heteroatoms. The Balaban J connectivity index is 1.44. The molecule has 0 saturated carbocycles. The Kier molecular flexibility index (Phi) is 5.80. The van der Waals surface area contributed by atoms with E-state index in [2.05, 4.69) is 42.0 Å². The van der Waals surface area contributed by atoms with E-state index < -0.39 is 5.97 Å². The van der Waals surface area contributed by atoms with Gasteiger partial charge in [-0.1, -0.05) is 12.1 Å². The standard InChI is InChI=1S/C23H28N4O4/c1-4-31-23(30)22-18-12-17(28)13-20(18)27(24-22)14-21(29)26-10-8-25(9-11-26)19-7-5-6-15(2)16(19)3/h5-7H,4,8-14H2,1-3H3. The van der Waals surface area contributed by atoms with E-state index in [0.717, 1.165) is 13.1 Å². The number of anilines is 1. The van der Waals surface area contributed by atoms with Crippen molar-refractivity contribution in [1.29, 1.82) is 0 Å². The van der Waals surface area contributed by atoms with Gasteiger partial charge in [0.05, 0.1) is 12.3 Å². The number of nitrogens with zero attached hydrogens (tertiary/aromatic N) is 4. The van der Waals surface area contributed by atoms with Crippen molar-refractivity contribution in [2.45, 2.75) is 40.2 Å². The summed E-state index contributed by atoms with van der Waals surface area (Å²) in [6, 6.07) is 6.30. The molecule has 1 fully saturated rings. The van der Waals surface area contributed by atoms with Crippen molar-refractivity contribution in [1.82, 2.24) is 14.7 Å². The third-order valence-corrected chi connectivity index (χ3v) is 6.21. The van der Waals surface area contributed by atoms with E-state index in [9.17, 15) is 14.4 Å². The second-order valence-corrected chi connectivity index (χ2v) is 8.13. The molecule has 1 aromatic heterocycles. The molecule has 164 valence electrons. The molecule has 0 spiro atoms. The van der Waals surface area contributed by atoms with E-state index >= 15 is 0 Å². The molecular formula is C23H28N4O4. The van der Waals surface area contributed by atoms with Crippen LogP contribution in [0.2, 0.25) is 0 Å². The molecule has 1 amide bonds. The van der Waals surface area contributed by atoms with Gasteiger partial charge in [0.2, 0.25) is 5.91 Å². The van der Waals surface area contributed by atoms with E-state index in [-0.39, 0.29) is 43.4 Å². The van der Waals surface area contributed by atoms with E-state index in [4.69, 9.17) is 4.74 Å². The van der Waals surface area contributed by atoms with Crippen molar-refractivity contribution in [3.8, 4) is 0 Å². The normalized spacial score (nSPS) is 15.9. The number of aryl methyl sites for hydroxylation is 1. The van der Waals surface area contributed by atoms with Gasteiger partial charge < -0.3 is 14.5 Å². The highest BCUT2D eigenvalue weighted by atomic mass is 16.5. The van der Waals surface area contributed by atoms with E-state index in [1.165, 1.54) is 21.5 Å². The number of Topliss-reactive ketones (excluding diaryl/α,β-unsaturated/α-hetero) is 1. The summed E-state index contributed by atoms with van der Waals surface area (Å²) in [5.74, 6) is -0.566. The van der Waals surface area contributed by atoms with Gasteiger partial charge in [0.25, 0.3) is 0 Å². The number of esters is 1. The molecule has 0 atom stereocenters. The molecule has 0 bridgehead atoms. The second-order valence-electron chi connectivity index (χ2n) is 8.13. The Morgan fingerprint density at radius 2 is 1.84 bits per heavy atom. The van der Waals surface area contributed by atoms with Crippen LogP contribution >= 0.6 is 0 Å². The van der Waals surface area contributed by atoms with Crippen LogP contribution in [0.3, 0.4) is 0 Å². The number of rotatable bonds is 5. The second kappa shape index (κ2) is 8.53. The van der Waals surface area contributed by atoms with E-state index in [0.29, 0.717) is 24.3 Å². The number of carbonyl (C=O) groups is 3. The molecule has 2 heterocycles. The number of hydrogen-bond donors (Lipinski definition) is 0. The average Bonchev–Trinajstić information content (AvgIpc) is 3.28. The predicted octanol–water partition coefficient (Wildman–Crippen LogP) is 1.69. The molecule has 1 saturated heterocycles. The minimum Gasteiger partial charge on any atom is -0.461 e. The van der Waals surface area contributed by atoms with Crippen LogP contribution in [0, 0.1) is 13.8 Å². The van der Waals surface area contributed by atoms with Gasteiger partial charge in [-0.3, -0.25) is 14.3 Å². The number of hydrogen-bond acceptors (Lipinski definition) is 6. The summed E-state index contributed by atoms with van der Waals surface area (Å²) < 4.78 is 6.59. The Morgan fingerprint density at radius 3 is 2.55 bits per heavy atom. The highest BCUT2D eigenvalue weighted by molar-refractivity contribution is 5.95. The van der Waals surface area contributed by atoms with Crippen LogP contribution in [0.1, 0.15) is 39.8 Å². The molecule has 1 aliphatic carbocycles. The molecule has 2 aliphatic rings. The van der Waals surface area contributed by atoms with Crippen molar-refractivity contribution < 1.29 is 19.1 Å². The van der Waals surface area contributed by atoms with Crippen LogP contribution in [0.15, 0.2) is 18.2 Å². The fourth-order valence-electron chi connectivity index (χ4n) is 4.36. The van der Waals surface area contributed by atoms with Gasteiger partial charge in [-0.15, -0.1) is 0 Å². The highest BCUT2D eigenvalue weighted by Crippen LogP contribution is 2.26. The van der Waals surface area contributed by atoms with Crippen molar-refractivity contribution in [3.05, 3.63) is 46.3 Å². The van der Waals surface area contributed by atoms with Gasteiger partial charge in [0, 0.05) is 50.3 Å². The zero-order valence-electron chi connectivity index (χ0n) is 18.3. The first-order chi connectivity index (χ1) is 14.9. The Morgan fingerprint density at radius 1 is 1.10 bits per heavy atom. The van der Waals surface area contributed by atoms with Crippen LogP contribution < -0.4 is 4.90 Å². The summed E-state index contributed by atoms with van der Waals surface area (Å²) >= 11 is 0. The first kappa shape index (κ1) is 21.1. The van der Waals surface area contributed by atoms with Crippen LogP contribution in [0.4, 0.5) is 5.69 Å². The lowest BCUT2D eigenvalue weighted by Gasteiger charge is -2.37. The lowest BCUT2D eigenvalue weighted by molar-refractivity contribution is -0.132. The molecule has 31 heavy (non-hydrogen) atoms. The number of ether oxygens (including phenoxy) is 1. The number of benzene rings is 1. The molecule has 1 aliphatic heterocycles. The third kappa shape index (κ3) is 4.06. The predicted molar refractivity (Wildman–Crippen MR) is 115 cm³/mol. The van der Waals surface area contributed by atoms with Gasteiger partial charge in [-0.05, 0) is 38.0 Å². The lowest BCUT2D eigenvalue weighted by Crippen LogP contribution is -2.50. The molecular weight excluding hydrogens is 396 g/mol. The molecule has 0 unspecified atom stereocenters. The summed E-state index contributed by atoms with van der Waals surface area (Å²) in [4.78, 5) is 41.3. The van der Waals surface area contributed by atoms with Crippen LogP contribution in [0.25, 0.3) is 0 Å². The van der Waals surface area contributed by atoms with Gasteiger partial charge in [-0.25, -0.2) is 4.79 Å². The summed E-state index contributed by atoms with van der Waals surface area (Å²) in [5, 5.41) is 4.34. The van der Waals surface area contributed by atoms with E-state index in [1.807, 2.05) is 4.90 Å². The largest absolute Gasteiger partial charge is 0.461 e. The summed E-state index contributed by atoms with van der Waals surface area (Å²) in [5.41, 5.74) is 5.18. The molecule has 4 rings (SSSR count). The number of piperazine rings is 1. The van der Waals surface area contributed by atoms with Crippen molar-refractivity contribution in [3.63, 3.8) is 0 Å². The number of ketones is 1. The average molecular weight is 425 g/mol. The summed E-state index contributed by atoms with van der Waals surface area (Å²) in [7, 11) is 0. The third-order valence-electron chi connectivity index (χ3n) is 6.21. The first-order valence-electron chi connectivity index (χ1n) is 10.7. The fraction of sp³-hybridized carbons (Fsp3) is 0.478. The number of aromatic nitrogens is 2. The van der Waals surface area contributed by atoms with Gasteiger partial charge in [0.1, 0.15) is 12.3 Å². The number of fused-ring (bicyclic) bond motifs is 1. The monoisotopic (exact) mass is 424 g/mol. The van der Waals surface area contributed by atoms with Crippen molar-refractivity contribution in [2.24, 2.45) is 0 Å². The molecule has 0 N–H and O–H groups in total. The van der Waals surface area contributed by atoms with Crippen LogP contribution in [-0.4, -0.2) is 65.1 Å². The zero-order valence-corrected chi connectivity index (χ0v) is 18.3. The van der Waals surface area contributed by atoms with Crippen LogP contribution in [0.5, 0.6) is 0 Å². The smallest absolute Gasteiger partial charge is 0.359 e. The Labute approximate surface area is 181 Å². The maximum Gasteiger partial charge on any atom is 0.359 e. The molecule has 1 aromatic carbocycles. The topological polar surface area (TPSA) is 84.7 Å². The Hall–Kier alpha value is -3.16. The maximum absolute atomic E-state index is 13.0. The Bertz CT molecular complexity index is 1030. The lowest BCUT2D eigenvalue weighted by atomic mass is 10.1. The highest BCUT2D eigenvalue weighted by Gasteiger charge is 2.32. The number of carbonyl (C=O) groups excluding carboxylic acids is 3. The number of amides is 1. The van der Waals surface area contributed by atoms with Gasteiger partial charge in [0.15, 0.2) is 5.69 Å². The van der Waals surface area contributed by atoms with Gasteiger partial charge in [-0.2, -0.15) is 5.10 Å². The van der Waals surface area contributed by atoms with Crippen molar-refractivity contribution in [2.75, 3.05) is 37.7 Å².